The molecule has 0 saturated carbocycles. The zero-order valence-corrected chi connectivity index (χ0v) is 12.5. The van der Waals surface area contributed by atoms with E-state index in [1.54, 1.807) is 0 Å². The summed E-state index contributed by atoms with van der Waals surface area (Å²) in [6.45, 7) is 4.20. The fourth-order valence-electron chi connectivity index (χ4n) is 2.15. The van der Waals surface area contributed by atoms with Gasteiger partial charge in [0.15, 0.2) is 0 Å². The number of rotatable bonds is 5. The molecule has 0 aliphatic heterocycles. The van der Waals surface area contributed by atoms with E-state index in [0.29, 0.717) is 6.42 Å². The highest BCUT2D eigenvalue weighted by Gasteiger charge is 2.15. The summed E-state index contributed by atoms with van der Waals surface area (Å²) in [5.41, 5.74) is 3.98. The van der Waals surface area contributed by atoms with Gasteiger partial charge in [-0.1, -0.05) is 42.6 Å². The van der Waals surface area contributed by atoms with Crippen molar-refractivity contribution in [3.05, 3.63) is 32.8 Å². The molecule has 3 heteroatoms. The molecule has 0 N–H and O–H groups in total. The maximum atomic E-state index is 9.25. The average Bonchev–Trinajstić information content (AvgIpc) is 2.37. The van der Waals surface area contributed by atoms with Gasteiger partial charge in [-0.3, -0.25) is 0 Å². The lowest BCUT2D eigenvalue weighted by Crippen LogP contribution is -2.02. The monoisotopic (exact) mass is 304 g/mol. The Morgan fingerprint density at radius 2 is 1.78 bits per heavy atom. The van der Waals surface area contributed by atoms with Crippen molar-refractivity contribution < 1.29 is 0 Å². The largest absolute Gasteiger partial charge is 0.198 e. The summed E-state index contributed by atoms with van der Waals surface area (Å²) in [5.74, 6) is 0. The maximum absolute atomic E-state index is 9.25. The molecule has 0 radical (unpaired) electrons. The minimum absolute atomic E-state index is 0.401. The van der Waals surface area contributed by atoms with Crippen LogP contribution in [-0.4, -0.2) is 0 Å². The van der Waals surface area contributed by atoms with Gasteiger partial charge < -0.3 is 0 Å². The molecule has 0 atom stereocenters. The number of nitriles is 2. The minimum atomic E-state index is 0.401. The van der Waals surface area contributed by atoms with Gasteiger partial charge in [-0.05, 0) is 35.6 Å². The standard InChI is InChI=1S/C15H17BrN2/c1-3-5-11-9-12(10-18)13(6-4-2)15(16)14(11)7-8-17/h9H,3-7H2,1-2H3. The van der Waals surface area contributed by atoms with Crippen molar-refractivity contribution >= 4 is 15.9 Å². The first-order valence-electron chi connectivity index (χ1n) is 6.29. The van der Waals surface area contributed by atoms with Crippen molar-refractivity contribution in [3.8, 4) is 12.1 Å². The SMILES string of the molecule is CCCc1cc(C#N)c(CCC)c(Br)c1CC#N. The first-order valence-corrected chi connectivity index (χ1v) is 7.08. The van der Waals surface area contributed by atoms with Crippen LogP contribution in [0.5, 0.6) is 0 Å². The van der Waals surface area contributed by atoms with Gasteiger partial charge in [0, 0.05) is 4.47 Å². The molecular formula is C15H17BrN2. The second kappa shape index (κ2) is 7.19. The van der Waals surface area contributed by atoms with Crippen LogP contribution in [-0.2, 0) is 19.3 Å². The van der Waals surface area contributed by atoms with Crippen LogP contribution in [0.1, 0.15) is 48.9 Å². The van der Waals surface area contributed by atoms with Gasteiger partial charge in [0.1, 0.15) is 0 Å². The fourth-order valence-corrected chi connectivity index (χ4v) is 2.95. The number of halogens is 1. The Morgan fingerprint density at radius 3 is 2.28 bits per heavy atom. The number of hydrogen-bond acceptors (Lipinski definition) is 2. The fraction of sp³-hybridized carbons (Fsp3) is 0.467. The normalized spacial score (nSPS) is 9.83. The lowest BCUT2D eigenvalue weighted by atomic mass is 9.93. The Hall–Kier alpha value is -1.32. The second-order valence-corrected chi connectivity index (χ2v) is 5.09. The van der Waals surface area contributed by atoms with Gasteiger partial charge in [0.2, 0.25) is 0 Å². The Kier molecular flexibility index (Phi) is 5.89. The van der Waals surface area contributed by atoms with Crippen molar-refractivity contribution in [2.45, 2.75) is 46.0 Å². The van der Waals surface area contributed by atoms with Crippen molar-refractivity contribution in [2.24, 2.45) is 0 Å². The molecule has 0 bridgehead atoms. The summed E-state index contributed by atoms with van der Waals surface area (Å²) in [4.78, 5) is 0. The van der Waals surface area contributed by atoms with Crippen molar-refractivity contribution in [1.29, 1.82) is 10.5 Å². The van der Waals surface area contributed by atoms with Crippen LogP contribution in [0.2, 0.25) is 0 Å². The van der Waals surface area contributed by atoms with E-state index >= 15 is 0 Å². The molecule has 0 aliphatic carbocycles. The molecule has 0 heterocycles. The van der Waals surface area contributed by atoms with Gasteiger partial charge in [-0.2, -0.15) is 10.5 Å². The van der Waals surface area contributed by atoms with E-state index in [1.165, 1.54) is 0 Å². The predicted octanol–water partition coefficient (Wildman–Crippen LogP) is 4.29. The average molecular weight is 305 g/mol. The van der Waals surface area contributed by atoms with E-state index in [1.807, 2.05) is 6.07 Å². The molecule has 0 aromatic heterocycles. The van der Waals surface area contributed by atoms with Crippen molar-refractivity contribution in [3.63, 3.8) is 0 Å². The summed E-state index contributed by atoms with van der Waals surface area (Å²) >= 11 is 3.59. The minimum Gasteiger partial charge on any atom is -0.198 e. The van der Waals surface area contributed by atoms with Gasteiger partial charge in [-0.25, -0.2) is 0 Å². The highest BCUT2D eigenvalue weighted by atomic mass is 79.9. The molecule has 0 saturated heterocycles. The van der Waals surface area contributed by atoms with E-state index < -0.39 is 0 Å². The third kappa shape index (κ3) is 3.12. The van der Waals surface area contributed by atoms with Gasteiger partial charge in [-0.15, -0.1) is 0 Å². The third-order valence-electron chi connectivity index (χ3n) is 2.96. The highest BCUT2D eigenvalue weighted by molar-refractivity contribution is 9.10. The summed E-state index contributed by atoms with van der Waals surface area (Å²) in [6, 6.07) is 6.46. The maximum Gasteiger partial charge on any atom is 0.0995 e. The molecule has 0 aliphatic rings. The Morgan fingerprint density at radius 1 is 1.11 bits per heavy atom. The lowest BCUT2D eigenvalue weighted by molar-refractivity contribution is 0.880. The summed E-state index contributed by atoms with van der Waals surface area (Å²) in [5, 5.41) is 18.2. The quantitative estimate of drug-likeness (QED) is 0.814. The zero-order chi connectivity index (χ0) is 13.5. The molecule has 18 heavy (non-hydrogen) atoms. The first kappa shape index (κ1) is 14.7. The first-order chi connectivity index (χ1) is 8.69. The van der Waals surface area contributed by atoms with Crippen LogP contribution in [0.15, 0.2) is 10.5 Å². The molecule has 94 valence electrons. The lowest BCUT2D eigenvalue weighted by Gasteiger charge is -2.14. The topological polar surface area (TPSA) is 47.6 Å². The molecule has 0 spiro atoms. The molecule has 1 aromatic rings. The molecule has 2 nitrogen and oxygen atoms in total. The molecule has 0 unspecified atom stereocenters. The van der Waals surface area contributed by atoms with Crippen LogP contribution >= 0.6 is 15.9 Å². The van der Waals surface area contributed by atoms with E-state index in [4.69, 9.17) is 5.26 Å². The molecular weight excluding hydrogens is 288 g/mol. The highest BCUT2D eigenvalue weighted by Crippen LogP contribution is 2.30. The number of nitrogens with zero attached hydrogens (tertiary/aromatic N) is 2. The molecule has 0 amide bonds. The van der Waals surface area contributed by atoms with Gasteiger partial charge in [0.25, 0.3) is 0 Å². The van der Waals surface area contributed by atoms with E-state index in [2.05, 4.69) is 41.9 Å². The molecule has 0 fully saturated rings. The van der Waals surface area contributed by atoms with Crippen molar-refractivity contribution in [1.82, 2.24) is 0 Å². The van der Waals surface area contributed by atoms with Crippen LogP contribution < -0.4 is 0 Å². The molecule has 1 rings (SSSR count). The third-order valence-corrected chi connectivity index (χ3v) is 3.91. The van der Waals surface area contributed by atoms with Crippen LogP contribution in [0, 0.1) is 22.7 Å². The van der Waals surface area contributed by atoms with Crippen LogP contribution in [0.25, 0.3) is 0 Å². The van der Waals surface area contributed by atoms with Crippen LogP contribution in [0.3, 0.4) is 0 Å². The Bertz CT molecular complexity index is 507. The zero-order valence-electron chi connectivity index (χ0n) is 10.9. The Labute approximate surface area is 117 Å². The predicted molar refractivity (Wildman–Crippen MR) is 76.2 cm³/mol. The van der Waals surface area contributed by atoms with Gasteiger partial charge >= 0.3 is 0 Å². The second-order valence-electron chi connectivity index (χ2n) is 4.30. The summed E-state index contributed by atoms with van der Waals surface area (Å²) < 4.78 is 0.966. The number of benzene rings is 1. The molecule has 1 aromatic carbocycles. The number of aryl methyl sites for hydroxylation is 1. The van der Waals surface area contributed by atoms with E-state index in [9.17, 15) is 5.26 Å². The Balaban J connectivity index is 3.43. The van der Waals surface area contributed by atoms with E-state index in [-0.39, 0.29) is 0 Å². The summed E-state index contributed by atoms with van der Waals surface area (Å²) in [7, 11) is 0. The number of hydrogen-bond donors (Lipinski definition) is 0. The summed E-state index contributed by atoms with van der Waals surface area (Å²) in [6.07, 6.45) is 4.19. The van der Waals surface area contributed by atoms with Crippen molar-refractivity contribution in [2.75, 3.05) is 0 Å². The van der Waals surface area contributed by atoms with Gasteiger partial charge in [0.05, 0.1) is 24.1 Å². The smallest absolute Gasteiger partial charge is 0.0995 e. The van der Waals surface area contributed by atoms with Crippen LogP contribution in [0.4, 0.5) is 0 Å². The van der Waals surface area contributed by atoms with E-state index in [0.717, 1.165) is 52.4 Å².